The van der Waals surface area contributed by atoms with Crippen LogP contribution in [0.1, 0.15) is 5.56 Å². The first kappa shape index (κ1) is 14.9. The number of alkyl halides is 3. The van der Waals surface area contributed by atoms with Gasteiger partial charge in [-0.3, -0.25) is 4.57 Å². The van der Waals surface area contributed by atoms with E-state index in [4.69, 9.17) is 9.79 Å². The highest BCUT2D eigenvalue weighted by molar-refractivity contribution is 7.53. The highest BCUT2D eigenvalue weighted by Gasteiger charge is 2.66. The van der Waals surface area contributed by atoms with Crippen molar-refractivity contribution in [2.75, 3.05) is 0 Å². The van der Waals surface area contributed by atoms with Gasteiger partial charge in [-0.05, 0) is 6.07 Å². The van der Waals surface area contributed by atoms with E-state index in [9.17, 15) is 22.1 Å². The Morgan fingerprint density at radius 1 is 1.22 bits per heavy atom. The molecule has 3 nitrogen and oxygen atoms in total. The van der Waals surface area contributed by atoms with Crippen molar-refractivity contribution in [1.82, 2.24) is 0 Å². The van der Waals surface area contributed by atoms with Crippen molar-refractivity contribution in [2.24, 2.45) is 0 Å². The van der Waals surface area contributed by atoms with E-state index in [1.165, 1.54) is 0 Å². The van der Waals surface area contributed by atoms with Gasteiger partial charge in [-0.2, -0.15) is 13.2 Å². The second kappa shape index (κ2) is 4.50. The van der Waals surface area contributed by atoms with Gasteiger partial charge in [0.05, 0.1) is 0 Å². The number of halogens is 4. The maximum absolute atomic E-state index is 13.4. The fourth-order valence-electron chi connectivity index (χ4n) is 1.59. The minimum absolute atomic E-state index is 0.0339. The van der Waals surface area contributed by atoms with E-state index < -0.39 is 30.3 Å². The zero-order chi connectivity index (χ0) is 14.2. The molecule has 100 valence electrons. The molecule has 0 spiro atoms. The van der Waals surface area contributed by atoms with Gasteiger partial charge in [0.15, 0.2) is 0 Å². The van der Waals surface area contributed by atoms with Crippen LogP contribution >= 0.6 is 7.60 Å². The molecule has 0 heterocycles. The standard InChI is InChI=1S/C10H9F4O3P/c1-2-9(10(12,13)14,18(15,16)17)7-5-3-4-6-8(7)11/h2-6H,1H2,(H2,15,16,17). The number of rotatable bonds is 3. The fraction of sp³-hybridized carbons (Fsp3) is 0.200. The Kier molecular flexibility index (Phi) is 3.72. The van der Waals surface area contributed by atoms with Gasteiger partial charge in [0, 0.05) is 5.56 Å². The molecule has 2 N–H and O–H groups in total. The smallest absolute Gasteiger partial charge is 0.323 e. The third kappa shape index (κ3) is 2.09. The maximum Gasteiger partial charge on any atom is 0.413 e. The quantitative estimate of drug-likeness (QED) is 0.509. The topological polar surface area (TPSA) is 57.5 Å². The Morgan fingerprint density at radius 3 is 2.06 bits per heavy atom. The summed E-state index contributed by atoms with van der Waals surface area (Å²) in [5.41, 5.74) is -1.15. The highest BCUT2D eigenvalue weighted by atomic mass is 31.2. The second-order valence-corrected chi connectivity index (χ2v) is 5.29. The SMILES string of the molecule is C=CC(c1ccccc1F)(C(F)(F)F)P(=O)(O)O. The van der Waals surface area contributed by atoms with Crippen molar-refractivity contribution in [2.45, 2.75) is 11.3 Å². The molecule has 1 aromatic rings. The third-order valence-corrected chi connectivity index (χ3v) is 4.07. The lowest BCUT2D eigenvalue weighted by Crippen LogP contribution is -2.41. The molecule has 0 aliphatic carbocycles. The van der Waals surface area contributed by atoms with Crippen LogP contribution in [0.3, 0.4) is 0 Å². The minimum atomic E-state index is -5.76. The lowest BCUT2D eigenvalue weighted by Gasteiger charge is -2.33. The fourth-order valence-corrected chi connectivity index (χ4v) is 2.65. The molecule has 1 aromatic carbocycles. The van der Waals surface area contributed by atoms with Gasteiger partial charge in [-0.1, -0.05) is 24.3 Å². The van der Waals surface area contributed by atoms with Gasteiger partial charge < -0.3 is 9.79 Å². The van der Waals surface area contributed by atoms with Gasteiger partial charge in [0.1, 0.15) is 5.82 Å². The van der Waals surface area contributed by atoms with Crippen molar-refractivity contribution in [1.29, 1.82) is 0 Å². The molecule has 0 radical (unpaired) electrons. The lowest BCUT2D eigenvalue weighted by molar-refractivity contribution is -0.157. The largest absolute Gasteiger partial charge is 0.413 e. The van der Waals surface area contributed by atoms with Crippen molar-refractivity contribution in [3.63, 3.8) is 0 Å². The molecule has 1 rings (SSSR count). The summed E-state index contributed by atoms with van der Waals surface area (Å²) in [5, 5.41) is -3.74. The summed E-state index contributed by atoms with van der Waals surface area (Å²) >= 11 is 0. The van der Waals surface area contributed by atoms with Crippen LogP contribution in [-0.2, 0) is 9.72 Å². The predicted octanol–water partition coefficient (Wildman–Crippen LogP) is 2.95. The molecular weight excluding hydrogens is 275 g/mol. The molecule has 1 atom stereocenters. The number of hydrogen-bond acceptors (Lipinski definition) is 1. The summed E-state index contributed by atoms with van der Waals surface area (Å²) < 4.78 is 63.7. The van der Waals surface area contributed by atoms with Crippen LogP contribution in [0.4, 0.5) is 17.6 Å². The van der Waals surface area contributed by atoms with E-state index in [1.54, 1.807) is 0 Å². The molecule has 0 saturated heterocycles. The highest BCUT2D eigenvalue weighted by Crippen LogP contribution is 2.65. The summed E-state index contributed by atoms with van der Waals surface area (Å²) in [4.78, 5) is 18.0. The van der Waals surface area contributed by atoms with Crippen LogP contribution in [0.5, 0.6) is 0 Å². The molecule has 8 heteroatoms. The van der Waals surface area contributed by atoms with Gasteiger partial charge >= 0.3 is 13.8 Å². The average molecular weight is 284 g/mol. The molecule has 0 saturated carbocycles. The Labute approximate surface area is 99.9 Å². The normalized spacial score (nSPS) is 16.1. The molecule has 0 amide bonds. The van der Waals surface area contributed by atoms with Crippen LogP contribution in [0.15, 0.2) is 36.9 Å². The molecule has 0 bridgehead atoms. The van der Waals surface area contributed by atoms with E-state index in [0.29, 0.717) is 12.1 Å². The van der Waals surface area contributed by atoms with E-state index >= 15 is 0 Å². The molecule has 0 aliphatic rings. The third-order valence-electron chi connectivity index (χ3n) is 2.47. The van der Waals surface area contributed by atoms with E-state index in [1.807, 2.05) is 0 Å². The van der Waals surface area contributed by atoms with Crippen LogP contribution in [-0.4, -0.2) is 16.0 Å². The average Bonchev–Trinajstić information content (AvgIpc) is 2.18. The Hall–Kier alpha value is -1.17. The lowest BCUT2D eigenvalue weighted by atomic mass is 9.97. The van der Waals surface area contributed by atoms with Gasteiger partial charge in [-0.15, -0.1) is 6.58 Å². The summed E-state index contributed by atoms with van der Waals surface area (Å²) in [6.45, 7) is 2.80. The van der Waals surface area contributed by atoms with Crippen LogP contribution in [0, 0.1) is 5.82 Å². The Balaban J connectivity index is 3.74. The Morgan fingerprint density at radius 2 is 1.72 bits per heavy atom. The van der Waals surface area contributed by atoms with Gasteiger partial charge in [-0.25, -0.2) is 4.39 Å². The summed E-state index contributed by atoms with van der Waals surface area (Å²) in [6.07, 6.45) is -5.35. The zero-order valence-corrected chi connectivity index (χ0v) is 9.75. The van der Waals surface area contributed by atoms with Crippen LogP contribution in [0.25, 0.3) is 0 Å². The van der Waals surface area contributed by atoms with Crippen molar-refractivity contribution < 1.29 is 31.9 Å². The first-order valence-electron chi connectivity index (χ1n) is 4.59. The Bertz CT molecular complexity index is 508. The summed E-state index contributed by atoms with van der Waals surface area (Å²) in [7, 11) is -5.76. The van der Waals surface area contributed by atoms with Gasteiger partial charge in [0.2, 0.25) is 5.16 Å². The van der Waals surface area contributed by atoms with E-state index in [2.05, 4.69) is 6.58 Å². The second-order valence-electron chi connectivity index (χ2n) is 3.49. The molecule has 1 unspecified atom stereocenters. The molecule has 0 aliphatic heterocycles. The van der Waals surface area contributed by atoms with Crippen molar-refractivity contribution in [3.05, 3.63) is 48.3 Å². The van der Waals surface area contributed by atoms with E-state index in [-0.39, 0.29) is 6.08 Å². The minimum Gasteiger partial charge on any atom is -0.323 e. The van der Waals surface area contributed by atoms with Crippen molar-refractivity contribution in [3.8, 4) is 0 Å². The maximum atomic E-state index is 13.4. The number of allylic oxidation sites excluding steroid dienone is 1. The summed E-state index contributed by atoms with van der Waals surface area (Å²) in [6, 6.07) is 3.53. The molecular formula is C10H9F4O3P. The monoisotopic (exact) mass is 284 g/mol. The molecule has 0 aromatic heterocycles. The predicted molar refractivity (Wildman–Crippen MR) is 56.4 cm³/mol. The van der Waals surface area contributed by atoms with E-state index in [0.717, 1.165) is 12.1 Å². The van der Waals surface area contributed by atoms with Crippen LogP contribution < -0.4 is 0 Å². The first-order chi connectivity index (χ1) is 8.08. The number of hydrogen-bond donors (Lipinski definition) is 2. The number of benzene rings is 1. The summed E-state index contributed by atoms with van der Waals surface area (Å²) in [5.74, 6) is -1.36. The zero-order valence-electron chi connectivity index (χ0n) is 8.86. The first-order valence-corrected chi connectivity index (χ1v) is 6.20. The van der Waals surface area contributed by atoms with Crippen molar-refractivity contribution >= 4 is 7.60 Å². The molecule has 18 heavy (non-hydrogen) atoms. The van der Waals surface area contributed by atoms with Crippen LogP contribution in [0.2, 0.25) is 0 Å². The molecule has 0 fully saturated rings. The van der Waals surface area contributed by atoms with Gasteiger partial charge in [0.25, 0.3) is 0 Å².